The Morgan fingerprint density at radius 1 is 0.714 bits per heavy atom. The van der Waals surface area contributed by atoms with E-state index in [1.807, 2.05) is 36.4 Å². The Labute approximate surface area is 207 Å². The third-order valence-electron chi connectivity index (χ3n) is 6.23. The van der Waals surface area contributed by atoms with Crippen molar-refractivity contribution >= 4 is 17.3 Å². The van der Waals surface area contributed by atoms with Gasteiger partial charge >= 0.3 is 0 Å². The monoisotopic (exact) mass is 468 g/mol. The number of ether oxygens (including phenoxy) is 1. The van der Waals surface area contributed by atoms with Gasteiger partial charge in [-0.05, 0) is 66.1 Å². The van der Waals surface area contributed by atoms with Gasteiger partial charge in [0.05, 0.1) is 23.5 Å². The highest BCUT2D eigenvalue weighted by Crippen LogP contribution is 2.30. The number of allylic oxidation sites excluding steroid dienone is 6. The molecule has 0 amide bonds. The van der Waals surface area contributed by atoms with Crippen molar-refractivity contribution in [2.24, 2.45) is 5.73 Å². The average molecular weight is 469 g/mol. The molecule has 2 aliphatic carbocycles. The molecule has 0 radical (unpaired) electrons. The second-order valence-corrected chi connectivity index (χ2v) is 8.86. The van der Waals surface area contributed by atoms with Gasteiger partial charge in [0, 0.05) is 11.4 Å². The zero-order valence-corrected chi connectivity index (χ0v) is 20.2. The fourth-order valence-electron chi connectivity index (χ4n) is 4.28. The van der Waals surface area contributed by atoms with Crippen LogP contribution in [-0.4, -0.2) is 18.2 Å². The van der Waals surface area contributed by atoms with Crippen LogP contribution in [0.25, 0.3) is 11.1 Å². The van der Waals surface area contributed by atoms with E-state index in [0.29, 0.717) is 17.0 Å². The minimum atomic E-state index is -0.254. The lowest BCUT2D eigenvalue weighted by Gasteiger charge is -2.21. The predicted octanol–water partition coefficient (Wildman–Crippen LogP) is 6.25. The second-order valence-electron chi connectivity index (χ2n) is 8.86. The maximum absolute atomic E-state index is 12.5. The Morgan fingerprint density at radius 2 is 1.31 bits per heavy atom. The summed E-state index contributed by atoms with van der Waals surface area (Å²) in [6.07, 6.45) is 13.4. The molecule has 0 heterocycles. The van der Waals surface area contributed by atoms with Crippen molar-refractivity contribution in [3.8, 4) is 16.9 Å². The van der Waals surface area contributed by atoms with Crippen LogP contribution >= 0.6 is 0 Å². The zero-order valence-electron chi connectivity index (χ0n) is 20.2. The van der Waals surface area contributed by atoms with Crippen LogP contribution in [0, 0.1) is 0 Å². The topological polar surface area (TPSA) is 81.4 Å². The normalized spacial score (nSPS) is 15.0. The Kier molecular flexibility index (Phi) is 7.99. The third kappa shape index (κ3) is 5.99. The Bertz CT molecular complexity index is 1200. The van der Waals surface area contributed by atoms with Gasteiger partial charge in [-0.1, -0.05) is 63.3 Å². The van der Waals surface area contributed by atoms with Crippen LogP contribution < -0.4 is 15.8 Å². The van der Waals surface area contributed by atoms with Gasteiger partial charge < -0.3 is 15.8 Å². The highest BCUT2D eigenvalue weighted by Gasteiger charge is 2.29. The first kappa shape index (κ1) is 24.3. The van der Waals surface area contributed by atoms with E-state index in [4.69, 9.17) is 10.5 Å². The van der Waals surface area contributed by atoms with E-state index in [2.05, 4.69) is 24.4 Å². The van der Waals surface area contributed by atoms with Gasteiger partial charge in [-0.25, -0.2) is 0 Å². The molecular formula is C30H32N2O3. The van der Waals surface area contributed by atoms with Crippen LogP contribution in [0.15, 0.2) is 95.4 Å². The largest absolute Gasteiger partial charge is 0.494 e. The molecule has 4 rings (SSSR count). The molecule has 0 saturated heterocycles. The van der Waals surface area contributed by atoms with Crippen molar-refractivity contribution < 1.29 is 14.3 Å². The Morgan fingerprint density at radius 3 is 2.03 bits per heavy atom. The molecule has 0 saturated carbocycles. The molecule has 0 aliphatic heterocycles. The summed E-state index contributed by atoms with van der Waals surface area (Å²) in [5, 5.41) is 3.26. The first-order chi connectivity index (χ1) is 17.1. The van der Waals surface area contributed by atoms with Gasteiger partial charge in [0.2, 0.25) is 0 Å². The van der Waals surface area contributed by atoms with Crippen LogP contribution in [0.3, 0.4) is 0 Å². The van der Waals surface area contributed by atoms with Crippen molar-refractivity contribution in [3.05, 3.63) is 95.4 Å². The SMILES string of the molecule is CCCCCCCCOc1ccc(-c2ccc(NC3=C4C(=O)C=CC(N)=C4C(=O)C=C3)cc2)cc1. The molecule has 5 nitrogen and oxygen atoms in total. The van der Waals surface area contributed by atoms with E-state index < -0.39 is 0 Å². The number of rotatable bonds is 11. The molecule has 2 aromatic rings. The number of hydrogen-bond acceptors (Lipinski definition) is 5. The van der Waals surface area contributed by atoms with Crippen LogP contribution in [-0.2, 0) is 9.59 Å². The number of hydrogen-bond donors (Lipinski definition) is 2. The molecule has 5 heteroatoms. The van der Waals surface area contributed by atoms with E-state index in [1.54, 1.807) is 6.08 Å². The molecule has 0 fully saturated rings. The highest BCUT2D eigenvalue weighted by atomic mass is 16.5. The number of carbonyl (C=O) groups is 2. The molecule has 0 bridgehead atoms. The maximum Gasteiger partial charge on any atom is 0.188 e. The van der Waals surface area contributed by atoms with E-state index >= 15 is 0 Å². The van der Waals surface area contributed by atoms with E-state index in [0.717, 1.165) is 35.6 Å². The van der Waals surface area contributed by atoms with Crippen molar-refractivity contribution in [1.82, 2.24) is 0 Å². The van der Waals surface area contributed by atoms with Gasteiger partial charge in [-0.2, -0.15) is 0 Å². The average Bonchev–Trinajstić information content (AvgIpc) is 2.88. The number of nitrogens with two attached hydrogens (primary N) is 1. The second kappa shape index (κ2) is 11.5. The minimum Gasteiger partial charge on any atom is -0.494 e. The van der Waals surface area contributed by atoms with E-state index in [1.165, 1.54) is 50.3 Å². The summed E-state index contributed by atoms with van der Waals surface area (Å²) in [5.41, 5.74) is 10.4. The molecule has 0 spiro atoms. The number of ketones is 2. The quantitative estimate of drug-likeness (QED) is 0.381. The molecule has 0 unspecified atom stereocenters. The molecule has 2 aromatic carbocycles. The van der Waals surface area contributed by atoms with Crippen LogP contribution in [0.1, 0.15) is 45.4 Å². The van der Waals surface area contributed by atoms with Gasteiger partial charge in [0.15, 0.2) is 11.6 Å². The van der Waals surface area contributed by atoms with Crippen LogP contribution in [0.5, 0.6) is 5.75 Å². The number of carbonyl (C=O) groups excluding carboxylic acids is 2. The van der Waals surface area contributed by atoms with Crippen molar-refractivity contribution in [2.75, 3.05) is 11.9 Å². The van der Waals surface area contributed by atoms with Gasteiger partial charge in [-0.3, -0.25) is 9.59 Å². The maximum atomic E-state index is 12.5. The molecule has 2 aliphatic rings. The summed E-state index contributed by atoms with van der Waals surface area (Å²) in [4.78, 5) is 24.7. The summed E-state index contributed by atoms with van der Waals surface area (Å²) < 4.78 is 5.88. The zero-order chi connectivity index (χ0) is 24.6. The minimum absolute atomic E-state index is 0.232. The van der Waals surface area contributed by atoms with E-state index in [-0.39, 0.29) is 17.1 Å². The lowest BCUT2D eigenvalue weighted by Crippen LogP contribution is -2.24. The van der Waals surface area contributed by atoms with Gasteiger partial charge in [0.25, 0.3) is 0 Å². The summed E-state index contributed by atoms with van der Waals surface area (Å²) in [5.74, 6) is 0.405. The lowest BCUT2D eigenvalue weighted by atomic mass is 9.86. The summed E-state index contributed by atoms with van der Waals surface area (Å²) >= 11 is 0. The summed E-state index contributed by atoms with van der Waals surface area (Å²) in [7, 11) is 0. The summed E-state index contributed by atoms with van der Waals surface area (Å²) in [6.45, 7) is 2.99. The highest BCUT2D eigenvalue weighted by molar-refractivity contribution is 6.23. The summed E-state index contributed by atoms with van der Waals surface area (Å²) in [6, 6.07) is 16.1. The number of unbranched alkanes of at least 4 members (excludes halogenated alkanes) is 5. The molecule has 0 atom stereocenters. The number of nitrogens with one attached hydrogen (secondary N) is 1. The number of anilines is 1. The molecule has 35 heavy (non-hydrogen) atoms. The fourth-order valence-corrected chi connectivity index (χ4v) is 4.28. The van der Waals surface area contributed by atoms with Crippen molar-refractivity contribution in [1.29, 1.82) is 0 Å². The van der Waals surface area contributed by atoms with Gasteiger partial charge in [0.1, 0.15) is 5.75 Å². The smallest absolute Gasteiger partial charge is 0.188 e. The Hall–Kier alpha value is -3.86. The molecule has 0 aromatic heterocycles. The predicted molar refractivity (Wildman–Crippen MR) is 141 cm³/mol. The third-order valence-corrected chi connectivity index (χ3v) is 6.23. The Balaban J connectivity index is 1.36. The van der Waals surface area contributed by atoms with Crippen LogP contribution in [0.4, 0.5) is 5.69 Å². The van der Waals surface area contributed by atoms with Crippen molar-refractivity contribution in [2.45, 2.75) is 45.4 Å². The number of fused-ring (bicyclic) bond motifs is 1. The fraction of sp³-hybridized carbons (Fsp3) is 0.267. The molecule has 180 valence electrons. The molecule has 3 N–H and O–H groups in total. The molecular weight excluding hydrogens is 436 g/mol. The lowest BCUT2D eigenvalue weighted by molar-refractivity contribution is -0.114. The number of benzene rings is 2. The first-order valence-corrected chi connectivity index (χ1v) is 12.4. The van der Waals surface area contributed by atoms with Crippen LogP contribution in [0.2, 0.25) is 0 Å². The standard InChI is InChI=1S/C30H32N2O3/c1-2-3-4-5-6-7-20-35-24-14-10-22(11-15-24)21-8-12-23(13-9-21)32-26-17-19-27(33)29-25(31)16-18-28(34)30(26)29/h8-19,32H,2-7,20,31H2,1H3. The first-order valence-electron chi connectivity index (χ1n) is 12.4. The van der Waals surface area contributed by atoms with Gasteiger partial charge in [-0.15, -0.1) is 0 Å². The van der Waals surface area contributed by atoms with E-state index in [9.17, 15) is 9.59 Å². The van der Waals surface area contributed by atoms with Crippen molar-refractivity contribution in [3.63, 3.8) is 0 Å².